The summed E-state index contributed by atoms with van der Waals surface area (Å²) in [5, 5.41) is 8.80. The molecule has 0 spiro atoms. The molecule has 0 amide bonds. The zero-order chi connectivity index (χ0) is 15.6. The Kier molecular flexibility index (Phi) is 4.77. The van der Waals surface area contributed by atoms with Crippen molar-refractivity contribution in [3.8, 4) is 0 Å². The van der Waals surface area contributed by atoms with E-state index in [1.807, 2.05) is 0 Å². The van der Waals surface area contributed by atoms with Gasteiger partial charge in [-0.2, -0.15) is 0 Å². The third-order valence-electron chi connectivity index (χ3n) is 3.58. The molecule has 4 nitrogen and oxygen atoms in total. The lowest BCUT2D eigenvalue weighted by molar-refractivity contribution is 0.0695. The van der Waals surface area contributed by atoms with Crippen LogP contribution in [-0.4, -0.2) is 48.7 Å². The van der Waals surface area contributed by atoms with Crippen LogP contribution in [0.3, 0.4) is 0 Å². The number of halogens is 2. The minimum absolute atomic E-state index is 0.121. The molecule has 0 saturated carbocycles. The Balaban J connectivity index is 2.12. The quantitative estimate of drug-likeness (QED) is 0.927. The fraction of sp³-hybridized carbons (Fsp3) is 0.533. The van der Waals surface area contributed by atoms with Crippen molar-refractivity contribution in [2.75, 3.05) is 37.6 Å². The number of nitrogens with zero attached hydrogens (tertiary/aromatic N) is 2. The van der Waals surface area contributed by atoms with Crippen molar-refractivity contribution in [3.05, 3.63) is 29.3 Å². The average molecular weight is 298 g/mol. The summed E-state index contributed by atoms with van der Waals surface area (Å²) in [6.45, 7) is 7.80. The molecule has 0 bridgehead atoms. The monoisotopic (exact) mass is 298 g/mol. The number of rotatable bonds is 4. The fourth-order valence-electron chi connectivity index (χ4n) is 2.66. The molecule has 0 unspecified atom stereocenters. The Labute approximate surface area is 123 Å². The van der Waals surface area contributed by atoms with Gasteiger partial charge in [0.15, 0.2) is 0 Å². The van der Waals surface area contributed by atoms with Gasteiger partial charge >= 0.3 is 5.97 Å². The van der Waals surface area contributed by atoms with E-state index in [2.05, 4.69) is 18.7 Å². The van der Waals surface area contributed by atoms with Crippen LogP contribution in [0.5, 0.6) is 0 Å². The smallest absolute Gasteiger partial charge is 0.335 e. The van der Waals surface area contributed by atoms with E-state index in [0.29, 0.717) is 19.0 Å². The van der Waals surface area contributed by atoms with Gasteiger partial charge in [-0.1, -0.05) is 13.8 Å². The molecule has 1 saturated heterocycles. The van der Waals surface area contributed by atoms with E-state index in [0.717, 1.165) is 31.8 Å². The SMILES string of the molecule is CC(C)CN1CCN(c2c(F)cc(C(=O)O)cc2F)CC1. The lowest BCUT2D eigenvalue weighted by Gasteiger charge is -2.37. The molecule has 1 aromatic carbocycles. The van der Waals surface area contributed by atoms with Crippen LogP contribution >= 0.6 is 0 Å². The summed E-state index contributed by atoms with van der Waals surface area (Å²) >= 11 is 0. The van der Waals surface area contributed by atoms with Crippen LogP contribution in [0.1, 0.15) is 24.2 Å². The van der Waals surface area contributed by atoms with E-state index in [1.165, 1.54) is 0 Å². The van der Waals surface area contributed by atoms with E-state index in [9.17, 15) is 13.6 Å². The maximum atomic E-state index is 14.0. The highest BCUT2D eigenvalue weighted by atomic mass is 19.1. The third-order valence-corrected chi connectivity index (χ3v) is 3.58. The van der Waals surface area contributed by atoms with Gasteiger partial charge in [-0.3, -0.25) is 4.90 Å². The summed E-state index contributed by atoms with van der Waals surface area (Å²) < 4.78 is 28.0. The highest BCUT2D eigenvalue weighted by Gasteiger charge is 2.24. The van der Waals surface area contributed by atoms with Gasteiger partial charge in [0.25, 0.3) is 0 Å². The number of anilines is 1. The maximum Gasteiger partial charge on any atom is 0.335 e. The number of hydrogen-bond acceptors (Lipinski definition) is 3. The largest absolute Gasteiger partial charge is 0.478 e. The number of carboxylic acid groups (broad SMARTS) is 1. The second-order valence-corrected chi connectivity index (χ2v) is 5.78. The molecule has 116 valence electrons. The molecule has 6 heteroatoms. The van der Waals surface area contributed by atoms with Crippen LogP contribution < -0.4 is 4.90 Å². The number of benzene rings is 1. The first-order valence-electron chi connectivity index (χ1n) is 7.08. The van der Waals surface area contributed by atoms with Crippen molar-refractivity contribution in [1.82, 2.24) is 4.90 Å². The van der Waals surface area contributed by atoms with Crippen molar-refractivity contribution < 1.29 is 18.7 Å². The summed E-state index contributed by atoms with van der Waals surface area (Å²) in [6, 6.07) is 1.75. The molecule has 1 aliphatic heterocycles. The molecule has 0 aliphatic carbocycles. The first kappa shape index (κ1) is 15.7. The van der Waals surface area contributed by atoms with E-state index in [-0.39, 0.29) is 11.3 Å². The van der Waals surface area contributed by atoms with Crippen LogP contribution in [0, 0.1) is 17.6 Å². The van der Waals surface area contributed by atoms with Crippen LogP contribution in [0.4, 0.5) is 14.5 Å². The number of carboxylic acids is 1. The molecular weight excluding hydrogens is 278 g/mol. The minimum Gasteiger partial charge on any atom is -0.478 e. The highest BCUT2D eigenvalue weighted by Crippen LogP contribution is 2.26. The number of aromatic carboxylic acids is 1. The maximum absolute atomic E-state index is 14.0. The summed E-state index contributed by atoms with van der Waals surface area (Å²) in [5.74, 6) is -2.41. The first-order valence-corrected chi connectivity index (χ1v) is 7.08. The van der Waals surface area contributed by atoms with Gasteiger partial charge in [-0.05, 0) is 18.1 Å². The summed E-state index contributed by atoms with van der Waals surface area (Å²) in [6.07, 6.45) is 0. The predicted molar refractivity (Wildman–Crippen MR) is 76.8 cm³/mol. The van der Waals surface area contributed by atoms with Crippen molar-refractivity contribution in [2.24, 2.45) is 5.92 Å². The van der Waals surface area contributed by atoms with Crippen molar-refractivity contribution in [1.29, 1.82) is 0 Å². The van der Waals surface area contributed by atoms with E-state index >= 15 is 0 Å². The molecule has 1 aromatic rings. The molecule has 1 aliphatic rings. The van der Waals surface area contributed by atoms with E-state index < -0.39 is 17.6 Å². The molecular formula is C15H20F2N2O2. The fourth-order valence-corrected chi connectivity index (χ4v) is 2.66. The Hall–Kier alpha value is -1.69. The standard InChI is InChI=1S/C15H20F2N2O2/c1-10(2)9-18-3-5-19(6-4-18)14-12(16)7-11(15(20)21)8-13(14)17/h7-8,10H,3-6,9H2,1-2H3,(H,20,21). The Bertz CT molecular complexity index is 503. The molecule has 0 radical (unpaired) electrons. The topological polar surface area (TPSA) is 43.8 Å². The lowest BCUT2D eigenvalue weighted by Crippen LogP contribution is -2.48. The first-order chi connectivity index (χ1) is 9.88. The van der Waals surface area contributed by atoms with Crippen LogP contribution in [0.2, 0.25) is 0 Å². The number of hydrogen-bond donors (Lipinski definition) is 1. The normalized spacial score (nSPS) is 16.5. The van der Waals surface area contributed by atoms with Gasteiger partial charge in [-0.25, -0.2) is 13.6 Å². The second-order valence-electron chi connectivity index (χ2n) is 5.78. The highest BCUT2D eigenvalue weighted by molar-refractivity contribution is 5.88. The average Bonchev–Trinajstić information content (AvgIpc) is 2.39. The third kappa shape index (κ3) is 3.69. The zero-order valence-corrected chi connectivity index (χ0v) is 12.3. The minimum atomic E-state index is -1.33. The summed E-state index contributed by atoms with van der Waals surface area (Å²) in [7, 11) is 0. The summed E-state index contributed by atoms with van der Waals surface area (Å²) in [4.78, 5) is 14.7. The van der Waals surface area contributed by atoms with E-state index in [4.69, 9.17) is 5.11 Å². The van der Waals surface area contributed by atoms with Crippen molar-refractivity contribution in [2.45, 2.75) is 13.8 Å². The van der Waals surface area contributed by atoms with Gasteiger partial charge in [0, 0.05) is 32.7 Å². The van der Waals surface area contributed by atoms with Crippen molar-refractivity contribution >= 4 is 11.7 Å². The molecule has 21 heavy (non-hydrogen) atoms. The molecule has 0 aromatic heterocycles. The predicted octanol–water partition coefficient (Wildman–Crippen LogP) is 2.44. The van der Waals surface area contributed by atoms with Gasteiger partial charge in [0.2, 0.25) is 0 Å². The van der Waals surface area contributed by atoms with Crippen LogP contribution in [-0.2, 0) is 0 Å². The Morgan fingerprint density at radius 1 is 1.19 bits per heavy atom. The summed E-state index contributed by atoms with van der Waals surface area (Å²) in [5.41, 5.74) is -0.489. The number of piperazine rings is 1. The Morgan fingerprint density at radius 2 is 1.71 bits per heavy atom. The number of carbonyl (C=O) groups is 1. The second kappa shape index (κ2) is 6.39. The molecule has 1 N–H and O–H groups in total. The van der Waals surface area contributed by atoms with Gasteiger partial charge in [0.1, 0.15) is 17.3 Å². The van der Waals surface area contributed by atoms with Gasteiger partial charge < -0.3 is 10.0 Å². The van der Waals surface area contributed by atoms with Gasteiger partial charge in [0.05, 0.1) is 5.56 Å². The molecule has 1 heterocycles. The molecule has 0 atom stereocenters. The van der Waals surface area contributed by atoms with Crippen molar-refractivity contribution in [3.63, 3.8) is 0 Å². The van der Waals surface area contributed by atoms with Gasteiger partial charge in [-0.15, -0.1) is 0 Å². The lowest BCUT2D eigenvalue weighted by atomic mass is 10.1. The van der Waals surface area contributed by atoms with Crippen LogP contribution in [0.15, 0.2) is 12.1 Å². The zero-order valence-electron chi connectivity index (χ0n) is 12.3. The Morgan fingerprint density at radius 3 is 2.14 bits per heavy atom. The van der Waals surface area contributed by atoms with E-state index in [1.54, 1.807) is 4.90 Å². The van der Waals surface area contributed by atoms with Crippen LogP contribution in [0.25, 0.3) is 0 Å². The molecule has 1 fully saturated rings. The molecule has 2 rings (SSSR count).